The van der Waals surface area contributed by atoms with E-state index in [0.717, 1.165) is 55.7 Å². The van der Waals surface area contributed by atoms with E-state index in [4.69, 9.17) is 4.42 Å². The first kappa shape index (κ1) is 35.2. The van der Waals surface area contributed by atoms with Crippen molar-refractivity contribution in [2.24, 2.45) is 0 Å². The number of benzene rings is 10. The monoisotopic (exact) mass is 795 g/mol. The molecule has 12 rings (SSSR count). The van der Waals surface area contributed by atoms with Gasteiger partial charge in [0.1, 0.15) is 11.2 Å². The lowest BCUT2D eigenvalue weighted by Gasteiger charge is -2.27. The second-order valence-corrected chi connectivity index (χ2v) is 16.7. The summed E-state index contributed by atoms with van der Waals surface area (Å²) >= 11 is 1.88. The number of nitrogens with zero attached hydrogens (tertiary/aromatic N) is 1. The maximum atomic E-state index is 6.32. The lowest BCUT2D eigenvalue weighted by Crippen LogP contribution is -2.10. The van der Waals surface area contributed by atoms with Crippen LogP contribution in [0.4, 0.5) is 17.1 Å². The molecule has 0 radical (unpaired) electrons. The van der Waals surface area contributed by atoms with Crippen molar-refractivity contribution >= 4 is 81.3 Å². The number of furan rings is 1. The van der Waals surface area contributed by atoms with E-state index in [0.29, 0.717) is 0 Å². The highest BCUT2D eigenvalue weighted by Gasteiger charge is 2.18. The molecule has 0 aliphatic heterocycles. The van der Waals surface area contributed by atoms with Gasteiger partial charge in [0.2, 0.25) is 0 Å². The van der Waals surface area contributed by atoms with Crippen LogP contribution in [-0.4, -0.2) is 0 Å². The Kier molecular flexibility index (Phi) is 8.39. The van der Waals surface area contributed by atoms with Crippen molar-refractivity contribution in [3.63, 3.8) is 0 Å². The number of anilines is 3. The van der Waals surface area contributed by atoms with Crippen molar-refractivity contribution < 1.29 is 4.42 Å². The molecule has 10 aromatic carbocycles. The lowest BCUT2D eigenvalue weighted by atomic mass is 9.97. The third-order valence-corrected chi connectivity index (χ3v) is 13.3. The highest BCUT2D eigenvalue weighted by atomic mass is 32.1. The molecule has 0 N–H and O–H groups in total. The minimum Gasteiger partial charge on any atom is -0.456 e. The van der Waals surface area contributed by atoms with Gasteiger partial charge in [0.05, 0.1) is 0 Å². The summed E-state index contributed by atoms with van der Waals surface area (Å²) in [7, 11) is 0. The highest BCUT2D eigenvalue weighted by Crippen LogP contribution is 2.44. The zero-order valence-electron chi connectivity index (χ0n) is 33.1. The van der Waals surface area contributed by atoms with Crippen LogP contribution >= 0.6 is 11.3 Å². The molecular weight excluding hydrogens is 759 g/mol. The van der Waals surface area contributed by atoms with Gasteiger partial charge >= 0.3 is 0 Å². The van der Waals surface area contributed by atoms with E-state index < -0.39 is 0 Å². The third kappa shape index (κ3) is 6.18. The largest absolute Gasteiger partial charge is 0.456 e. The molecule has 0 aliphatic rings. The van der Waals surface area contributed by atoms with Gasteiger partial charge in [0.25, 0.3) is 0 Å². The Morgan fingerprint density at radius 2 is 0.902 bits per heavy atom. The zero-order valence-corrected chi connectivity index (χ0v) is 33.9. The van der Waals surface area contributed by atoms with E-state index in [9.17, 15) is 0 Å². The molecule has 2 heterocycles. The number of rotatable bonds is 7. The molecule has 2 aromatic heterocycles. The molecule has 0 fully saturated rings. The minimum atomic E-state index is 0.892. The number of fused-ring (bicyclic) bond motifs is 7. The van der Waals surface area contributed by atoms with Crippen molar-refractivity contribution in [3.8, 4) is 44.5 Å². The van der Waals surface area contributed by atoms with Gasteiger partial charge in [-0.15, -0.1) is 11.3 Å². The van der Waals surface area contributed by atoms with Gasteiger partial charge in [-0.1, -0.05) is 158 Å². The number of para-hydroxylation sites is 1. The van der Waals surface area contributed by atoms with Gasteiger partial charge in [-0.3, -0.25) is 0 Å². The summed E-state index contributed by atoms with van der Waals surface area (Å²) in [6, 6.07) is 81.2. The summed E-state index contributed by atoms with van der Waals surface area (Å²) < 4.78 is 8.96. The molecule has 0 amide bonds. The second-order valence-electron chi connectivity index (χ2n) is 15.7. The van der Waals surface area contributed by atoms with Crippen LogP contribution in [0, 0.1) is 0 Å². The van der Waals surface area contributed by atoms with Crippen molar-refractivity contribution in [2.45, 2.75) is 0 Å². The smallest absolute Gasteiger partial charge is 0.136 e. The molecule has 12 aromatic rings. The first-order chi connectivity index (χ1) is 30.2. The fourth-order valence-electron chi connectivity index (χ4n) is 9.11. The van der Waals surface area contributed by atoms with Crippen LogP contribution in [0.3, 0.4) is 0 Å². The van der Waals surface area contributed by atoms with Crippen LogP contribution in [0.1, 0.15) is 0 Å². The van der Waals surface area contributed by atoms with Crippen LogP contribution < -0.4 is 4.90 Å². The minimum absolute atomic E-state index is 0.892. The number of thiophene rings is 1. The van der Waals surface area contributed by atoms with E-state index >= 15 is 0 Å². The average molecular weight is 796 g/mol. The summed E-state index contributed by atoms with van der Waals surface area (Å²) in [6.07, 6.45) is 0. The Bertz CT molecular complexity index is 3610. The van der Waals surface area contributed by atoms with Crippen LogP contribution in [0.2, 0.25) is 0 Å². The number of hydrogen-bond donors (Lipinski definition) is 0. The predicted octanol–water partition coefficient (Wildman–Crippen LogP) is 17.2. The first-order valence-electron chi connectivity index (χ1n) is 20.7. The van der Waals surface area contributed by atoms with Gasteiger partial charge in [0, 0.05) is 48.0 Å². The number of hydrogen-bond acceptors (Lipinski definition) is 3. The zero-order chi connectivity index (χ0) is 40.3. The van der Waals surface area contributed by atoms with E-state index in [1.807, 2.05) is 23.5 Å². The maximum absolute atomic E-state index is 6.32. The third-order valence-electron chi connectivity index (χ3n) is 12.0. The molecule has 0 saturated carbocycles. The van der Waals surface area contributed by atoms with Gasteiger partial charge < -0.3 is 9.32 Å². The standard InChI is InChI=1S/C58H37NOS/c1-2-13-40-34-43(29-28-38(40)12-1)39-30-32-46(33-31-39)59(48-19-9-17-45(37-48)49-22-11-26-55-57(49)53-21-3-5-25-54(53)60-55)47-18-8-15-42(36-47)41-14-7-16-44(35-41)50-23-10-24-52-51-20-4-6-27-56(51)61-58(50)52/h1-37H. The molecule has 0 spiro atoms. The second kappa shape index (κ2) is 14.5. The lowest BCUT2D eigenvalue weighted by molar-refractivity contribution is 0.669. The van der Waals surface area contributed by atoms with Crippen LogP contribution in [0.25, 0.3) is 97.4 Å². The Hall–Kier alpha value is -7.72. The van der Waals surface area contributed by atoms with E-state index in [1.54, 1.807) is 0 Å². The van der Waals surface area contributed by atoms with Gasteiger partial charge in [0.15, 0.2) is 0 Å². The van der Waals surface area contributed by atoms with Crippen molar-refractivity contribution in [1.29, 1.82) is 0 Å². The SMILES string of the molecule is c1cc(-c2cccc(N(c3ccc(-c4ccc5ccccc5c4)cc3)c3cccc(-c4cccc5oc6ccccc6c45)c3)c2)cc(-c2cccc3c2sc2ccccc23)c1. The van der Waals surface area contributed by atoms with E-state index in [1.165, 1.54) is 58.8 Å². The summed E-state index contributed by atoms with van der Waals surface area (Å²) in [6.45, 7) is 0. The fraction of sp³-hybridized carbons (Fsp3) is 0. The predicted molar refractivity (Wildman–Crippen MR) is 261 cm³/mol. The molecule has 286 valence electrons. The normalized spacial score (nSPS) is 11.6. The van der Waals surface area contributed by atoms with Crippen LogP contribution in [0.15, 0.2) is 229 Å². The Labute approximate surface area is 357 Å². The summed E-state index contributed by atoms with van der Waals surface area (Å²) in [5, 5.41) is 7.37. The molecule has 0 atom stereocenters. The Balaban J connectivity index is 0.979. The van der Waals surface area contributed by atoms with Crippen molar-refractivity contribution in [2.75, 3.05) is 4.90 Å². The van der Waals surface area contributed by atoms with E-state index in [-0.39, 0.29) is 0 Å². The summed E-state index contributed by atoms with van der Waals surface area (Å²) in [5.41, 5.74) is 14.5. The van der Waals surface area contributed by atoms with Gasteiger partial charge in [-0.05, 0) is 122 Å². The first-order valence-corrected chi connectivity index (χ1v) is 21.5. The molecule has 0 saturated heterocycles. The van der Waals surface area contributed by atoms with Crippen LogP contribution in [-0.2, 0) is 0 Å². The molecule has 3 heteroatoms. The summed E-state index contributed by atoms with van der Waals surface area (Å²) in [5.74, 6) is 0. The van der Waals surface area contributed by atoms with Gasteiger partial charge in [-0.2, -0.15) is 0 Å². The molecule has 0 aliphatic carbocycles. The topological polar surface area (TPSA) is 16.4 Å². The van der Waals surface area contributed by atoms with Crippen molar-refractivity contribution in [1.82, 2.24) is 0 Å². The average Bonchev–Trinajstić information content (AvgIpc) is 3.91. The summed E-state index contributed by atoms with van der Waals surface area (Å²) in [4.78, 5) is 2.38. The molecule has 61 heavy (non-hydrogen) atoms. The molecule has 0 bridgehead atoms. The Morgan fingerprint density at radius 1 is 0.328 bits per heavy atom. The Morgan fingerprint density at radius 3 is 1.75 bits per heavy atom. The molecule has 2 nitrogen and oxygen atoms in total. The molecule has 0 unspecified atom stereocenters. The van der Waals surface area contributed by atoms with E-state index in [2.05, 4.69) is 217 Å². The molecular formula is C58H37NOS. The fourth-order valence-corrected chi connectivity index (χ4v) is 10.4. The maximum Gasteiger partial charge on any atom is 0.136 e. The van der Waals surface area contributed by atoms with Crippen LogP contribution in [0.5, 0.6) is 0 Å². The highest BCUT2D eigenvalue weighted by molar-refractivity contribution is 7.26. The quantitative estimate of drug-likeness (QED) is 0.160. The van der Waals surface area contributed by atoms with Gasteiger partial charge in [-0.25, -0.2) is 0 Å². The van der Waals surface area contributed by atoms with Crippen molar-refractivity contribution in [3.05, 3.63) is 224 Å².